The highest BCUT2D eigenvalue weighted by Gasteiger charge is 2.22. The first-order valence-corrected chi connectivity index (χ1v) is 8.41. The van der Waals surface area contributed by atoms with Gasteiger partial charge in [-0.25, -0.2) is 4.98 Å². The van der Waals surface area contributed by atoms with E-state index in [0.29, 0.717) is 33.3 Å². The lowest BCUT2D eigenvalue weighted by Crippen LogP contribution is -2.20. The van der Waals surface area contributed by atoms with Crippen LogP contribution in [0.15, 0.2) is 34.4 Å². The fourth-order valence-electron chi connectivity index (χ4n) is 2.73. The zero-order chi connectivity index (χ0) is 15.3. The minimum atomic E-state index is -0.0843. The van der Waals surface area contributed by atoms with Crippen molar-refractivity contribution >= 4 is 57.1 Å². The number of allylic oxidation sites excluding steroid dienone is 1. The highest BCUT2D eigenvalue weighted by molar-refractivity contribution is 7.10. The third kappa shape index (κ3) is 2.19. The summed E-state index contributed by atoms with van der Waals surface area (Å²) in [6.45, 7) is 0.637. The van der Waals surface area contributed by atoms with E-state index in [1.165, 1.54) is 0 Å². The number of hydrogen-bond donors (Lipinski definition) is 0. The molecule has 0 N–H and O–H groups in total. The lowest BCUT2D eigenvalue weighted by Gasteiger charge is -2.07. The van der Waals surface area contributed by atoms with Crippen LogP contribution in [0.2, 0.25) is 10.0 Å². The maximum Gasteiger partial charge on any atom is 0.261 e. The van der Waals surface area contributed by atoms with Crippen LogP contribution >= 0.6 is 34.5 Å². The molecule has 110 valence electrons. The first-order valence-electron chi connectivity index (χ1n) is 6.77. The lowest BCUT2D eigenvalue weighted by atomic mass is 10.2. The predicted molar refractivity (Wildman–Crippen MR) is 92.8 cm³/mol. The number of fused-ring (bicyclic) bond motifs is 2. The SMILES string of the molecule is O=c1c2cc(Cl)cc(Cl)c2nc2n1CC/C2=C/c1cccs1. The topological polar surface area (TPSA) is 34.9 Å². The Bertz CT molecular complexity index is 974. The number of aromatic nitrogens is 2. The van der Waals surface area contributed by atoms with E-state index in [1.807, 2.05) is 17.5 Å². The molecule has 3 aromatic rings. The molecule has 0 aliphatic carbocycles. The van der Waals surface area contributed by atoms with E-state index < -0.39 is 0 Å². The van der Waals surface area contributed by atoms with Crippen molar-refractivity contribution in [2.45, 2.75) is 13.0 Å². The van der Waals surface area contributed by atoms with Crippen LogP contribution < -0.4 is 5.56 Å². The predicted octanol–water partition coefficient (Wildman–Crippen LogP) is 4.71. The standard InChI is InChI=1S/C16H10Cl2N2OS/c17-10-7-12-14(13(18)8-10)19-15-9(3-4-20(15)16(12)21)6-11-2-1-5-22-11/h1-2,5-8H,3-4H2/b9-6-. The molecule has 1 aliphatic rings. The van der Waals surface area contributed by atoms with E-state index in [4.69, 9.17) is 23.2 Å². The molecule has 3 nitrogen and oxygen atoms in total. The van der Waals surface area contributed by atoms with Gasteiger partial charge < -0.3 is 0 Å². The molecule has 6 heteroatoms. The number of benzene rings is 1. The number of hydrogen-bond acceptors (Lipinski definition) is 3. The van der Waals surface area contributed by atoms with Crippen molar-refractivity contribution in [3.05, 3.63) is 60.7 Å². The van der Waals surface area contributed by atoms with Gasteiger partial charge in [0.15, 0.2) is 0 Å². The van der Waals surface area contributed by atoms with E-state index in [9.17, 15) is 4.79 Å². The third-order valence-corrected chi connectivity index (χ3v) is 5.05. The van der Waals surface area contributed by atoms with E-state index in [-0.39, 0.29) is 5.56 Å². The Morgan fingerprint density at radius 1 is 1.32 bits per heavy atom. The highest BCUT2D eigenvalue weighted by Crippen LogP contribution is 2.31. The van der Waals surface area contributed by atoms with E-state index in [2.05, 4.69) is 11.1 Å². The van der Waals surface area contributed by atoms with Crippen LogP contribution in [-0.2, 0) is 6.54 Å². The van der Waals surface area contributed by atoms with Crippen molar-refractivity contribution in [1.29, 1.82) is 0 Å². The lowest BCUT2D eigenvalue weighted by molar-refractivity contribution is 0.725. The summed E-state index contributed by atoms with van der Waals surface area (Å²) in [6, 6.07) is 7.30. The van der Waals surface area contributed by atoms with Gasteiger partial charge in [-0.05, 0) is 41.6 Å². The molecule has 1 aromatic carbocycles. The first-order chi connectivity index (χ1) is 10.6. The number of rotatable bonds is 1. The fraction of sp³-hybridized carbons (Fsp3) is 0.125. The summed E-state index contributed by atoms with van der Waals surface area (Å²) in [4.78, 5) is 18.4. The zero-order valence-corrected chi connectivity index (χ0v) is 13.7. The fourth-order valence-corrected chi connectivity index (χ4v) is 3.95. The van der Waals surface area contributed by atoms with Gasteiger partial charge in [-0.3, -0.25) is 9.36 Å². The van der Waals surface area contributed by atoms with Crippen molar-refractivity contribution in [2.75, 3.05) is 0 Å². The molecule has 3 heterocycles. The molecular formula is C16H10Cl2N2OS. The van der Waals surface area contributed by atoms with Crippen LogP contribution in [-0.4, -0.2) is 9.55 Å². The minimum Gasteiger partial charge on any atom is -0.292 e. The maximum atomic E-state index is 12.7. The van der Waals surface area contributed by atoms with Gasteiger partial charge in [-0.2, -0.15) is 0 Å². The Hall–Kier alpha value is -1.62. The van der Waals surface area contributed by atoms with Crippen LogP contribution in [0, 0.1) is 0 Å². The monoisotopic (exact) mass is 348 g/mol. The van der Waals surface area contributed by atoms with Gasteiger partial charge in [0, 0.05) is 16.4 Å². The van der Waals surface area contributed by atoms with Gasteiger partial charge >= 0.3 is 0 Å². The molecule has 0 unspecified atom stereocenters. The molecule has 0 fully saturated rings. The van der Waals surface area contributed by atoms with Crippen molar-refractivity contribution in [2.24, 2.45) is 0 Å². The molecule has 2 aromatic heterocycles. The first kappa shape index (κ1) is 14.0. The van der Waals surface area contributed by atoms with Crippen LogP contribution in [0.5, 0.6) is 0 Å². The number of thiophene rings is 1. The molecule has 0 saturated carbocycles. The van der Waals surface area contributed by atoms with Gasteiger partial charge in [-0.1, -0.05) is 29.3 Å². The summed E-state index contributed by atoms with van der Waals surface area (Å²) in [6.07, 6.45) is 2.88. The molecule has 1 aliphatic heterocycles. The second kappa shape index (κ2) is 5.23. The number of halogens is 2. The normalized spacial score (nSPS) is 15.6. The van der Waals surface area contributed by atoms with Crippen molar-refractivity contribution in [3.8, 4) is 0 Å². The van der Waals surface area contributed by atoms with Gasteiger partial charge in [0.05, 0.1) is 15.9 Å². The Kier molecular flexibility index (Phi) is 3.33. The molecule has 4 rings (SSSR count). The Labute approximate surface area is 140 Å². The van der Waals surface area contributed by atoms with Gasteiger partial charge in [-0.15, -0.1) is 11.3 Å². The largest absolute Gasteiger partial charge is 0.292 e. The third-order valence-electron chi connectivity index (χ3n) is 3.73. The van der Waals surface area contributed by atoms with Gasteiger partial charge in [0.2, 0.25) is 0 Å². The molecule has 22 heavy (non-hydrogen) atoms. The molecule has 0 atom stereocenters. The molecule has 0 bridgehead atoms. The summed E-state index contributed by atoms with van der Waals surface area (Å²) >= 11 is 13.9. The van der Waals surface area contributed by atoms with Crippen LogP contribution in [0.3, 0.4) is 0 Å². The average molecular weight is 349 g/mol. The van der Waals surface area contributed by atoms with E-state index in [0.717, 1.165) is 16.9 Å². The Morgan fingerprint density at radius 2 is 2.18 bits per heavy atom. The number of nitrogens with zero attached hydrogens (tertiary/aromatic N) is 2. The molecule has 0 amide bonds. The highest BCUT2D eigenvalue weighted by atomic mass is 35.5. The van der Waals surface area contributed by atoms with Gasteiger partial charge in [0.25, 0.3) is 5.56 Å². The van der Waals surface area contributed by atoms with Crippen molar-refractivity contribution in [1.82, 2.24) is 9.55 Å². The second-order valence-corrected chi connectivity index (χ2v) is 6.93. The summed E-state index contributed by atoms with van der Waals surface area (Å²) in [5.74, 6) is 0.704. The average Bonchev–Trinajstić information content (AvgIpc) is 3.11. The van der Waals surface area contributed by atoms with E-state index >= 15 is 0 Å². The summed E-state index contributed by atoms with van der Waals surface area (Å²) < 4.78 is 1.70. The van der Waals surface area contributed by atoms with Crippen LogP contribution in [0.1, 0.15) is 17.1 Å². The Balaban J connectivity index is 1.99. The molecule has 0 spiro atoms. The molecule has 0 radical (unpaired) electrons. The Morgan fingerprint density at radius 3 is 2.95 bits per heavy atom. The maximum absolute atomic E-state index is 12.7. The smallest absolute Gasteiger partial charge is 0.261 e. The molecule has 0 saturated heterocycles. The minimum absolute atomic E-state index is 0.0843. The molecular weight excluding hydrogens is 339 g/mol. The van der Waals surface area contributed by atoms with Crippen molar-refractivity contribution < 1.29 is 0 Å². The van der Waals surface area contributed by atoms with Gasteiger partial charge in [0.1, 0.15) is 5.82 Å². The zero-order valence-electron chi connectivity index (χ0n) is 11.3. The van der Waals surface area contributed by atoms with E-state index in [1.54, 1.807) is 28.0 Å². The quantitative estimate of drug-likeness (QED) is 0.638. The second-order valence-electron chi connectivity index (χ2n) is 5.11. The van der Waals surface area contributed by atoms with Crippen molar-refractivity contribution in [3.63, 3.8) is 0 Å². The summed E-state index contributed by atoms with van der Waals surface area (Å²) in [5, 5.41) is 3.36. The summed E-state index contributed by atoms with van der Waals surface area (Å²) in [5.41, 5.74) is 1.49. The summed E-state index contributed by atoms with van der Waals surface area (Å²) in [7, 11) is 0. The van der Waals surface area contributed by atoms with Crippen LogP contribution in [0.4, 0.5) is 0 Å². The van der Waals surface area contributed by atoms with Crippen LogP contribution in [0.25, 0.3) is 22.6 Å².